The second-order valence-corrected chi connectivity index (χ2v) is 8.04. The lowest BCUT2D eigenvalue weighted by Gasteiger charge is -2.05. The smallest absolute Gasteiger partial charge is 0.311 e. The number of carbonyl (C=O) groups excluding carboxylic acids is 2. The predicted molar refractivity (Wildman–Crippen MR) is 118 cm³/mol. The summed E-state index contributed by atoms with van der Waals surface area (Å²) in [5.41, 5.74) is 0. The number of allylic oxidation sites excluding steroid dienone is 3. The molecule has 0 saturated heterocycles. The van der Waals surface area contributed by atoms with Crippen LogP contribution < -0.4 is 0 Å². The van der Waals surface area contributed by atoms with E-state index >= 15 is 0 Å². The minimum absolute atomic E-state index is 0.123. The SMILES string of the molecule is CCCCCCCC/C=C\CCCCCCCC(=O)OC1=C(CC)OC(C)C1=O. The van der Waals surface area contributed by atoms with Crippen molar-refractivity contribution in [3.63, 3.8) is 0 Å². The van der Waals surface area contributed by atoms with Gasteiger partial charge in [0.2, 0.25) is 11.5 Å². The van der Waals surface area contributed by atoms with E-state index in [1.807, 2.05) is 6.92 Å². The number of carbonyl (C=O) groups is 2. The second kappa shape index (κ2) is 16.2. The molecule has 0 N–H and O–H groups in total. The molecule has 0 aromatic rings. The average Bonchev–Trinajstić information content (AvgIpc) is 2.98. The van der Waals surface area contributed by atoms with Crippen LogP contribution in [-0.2, 0) is 19.1 Å². The van der Waals surface area contributed by atoms with E-state index in [0.717, 1.165) is 25.7 Å². The molecule has 1 atom stereocenters. The van der Waals surface area contributed by atoms with Crippen LogP contribution in [0, 0.1) is 0 Å². The van der Waals surface area contributed by atoms with E-state index in [1.165, 1.54) is 57.8 Å². The first-order valence-corrected chi connectivity index (χ1v) is 11.9. The van der Waals surface area contributed by atoms with Crippen molar-refractivity contribution >= 4 is 11.8 Å². The summed E-state index contributed by atoms with van der Waals surface area (Å²) < 4.78 is 10.7. The Morgan fingerprint density at radius 3 is 2.03 bits per heavy atom. The van der Waals surface area contributed by atoms with Crippen molar-refractivity contribution in [3.05, 3.63) is 23.7 Å². The van der Waals surface area contributed by atoms with Crippen LogP contribution in [0.4, 0.5) is 0 Å². The van der Waals surface area contributed by atoms with Gasteiger partial charge in [0.1, 0.15) is 5.76 Å². The van der Waals surface area contributed by atoms with Crippen molar-refractivity contribution in [2.24, 2.45) is 0 Å². The molecule has 1 aliphatic heterocycles. The third kappa shape index (κ3) is 11.3. The Hall–Kier alpha value is -1.58. The summed E-state index contributed by atoms with van der Waals surface area (Å²) in [5.74, 6) is 0.0764. The van der Waals surface area contributed by atoms with E-state index in [4.69, 9.17) is 9.47 Å². The molecule has 0 aromatic heterocycles. The zero-order valence-electron chi connectivity index (χ0n) is 19.0. The van der Waals surface area contributed by atoms with Crippen molar-refractivity contribution in [3.8, 4) is 0 Å². The molecular formula is C25H42O4. The molecular weight excluding hydrogens is 364 g/mol. The molecule has 166 valence electrons. The summed E-state index contributed by atoms with van der Waals surface area (Å²) >= 11 is 0. The first-order chi connectivity index (χ1) is 14.1. The lowest BCUT2D eigenvalue weighted by molar-refractivity contribution is -0.142. The topological polar surface area (TPSA) is 52.6 Å². The Kier molecular flexibility index (Phi) is 14.3. The van der Waals surface area contributed by atoms with Crippen LogP contribution in [0.2, 0.25) is 0 Å². The molecule has 0 amide bonds. The molecule has 0 spiro atoms. The molecule has 1 rings (SSSR count). The van der Waals surface area contributed by atoms with Gasteiger partial charge in [-0.15, -0.1) is 0 Å². The van der Waals surface area contributed by atoms with Crippen LogP contribution in [0.3, 0.4) is 0 Å². The minimum Gasteiger partial charge on any atom is -0.483 e. The van der Waals surface area contributed by atoms with Gasteiger partial charge in [0, 0.05) is 12.8 Å². The third-order valence-corrected chi connectivity index (χ3v) is 5.35. The average molecular weight is 407 g/mol. The van der Waals surface area contributed by atoms with Crippen molar-refractivity contribution in [2.75, 3.05) is 0 Å². The van der Waals surface area contributed by atoms with Gasteiger partial charge in [-0.1, -0.05) is 77.4 Å². The number of unbranched alkanes of at least 4 members (excludes halogenated alkanes) is 11. The maximum Gasteiger partial charge on any atom is 0.311 e. The van der Waals surface area contributed by atoms with Crippen molar-refractivity contribution in [2.45, 2.75) is 123 Å². The molecule has 1 unspecified atom stereocenters. The maximum atomic E-state index is 12.0. The quantitative estimate of drug-likeness (QED) is 0.146. The zero-order chi connectivity index (χ0) is 21.3. The first-order valence-electron chi connectivity index (χ1n) is 11.9. The van der Waals surface area contributed by atoms with Crippen LogP contribution in [0.15, 0.2) is 23.7 Å². The lowest BCUT2D eigenvalue weighted by atomic mass is 10.1. The summed E-state index contributed by atoms with van der Waals surface area (Å²) in [5, 5.41) is 0. The first kappa shape index (κ1) is 25.5. The summed E-state index contributed by atoms with van der Waals surface area (Å²) in [6.45, 7) is 5.83. The van der Waals surface area contributed by atoms with E-state index in [9.17, 15) is 9.59 Å². The van der Waals surface area contributed by atoms with Gasteiger partial charge in [-0.3, -0.25) is 9.59 Å². The molecule has 0 radical (unpaired) electrons. The fraction of sp³-hybridized carbons (Fsp3) is 0.760. The molecule has 1 aliphatic rings. The lowest BCUT2D eigenvalue weighted by Crippen LogP contribution is -2.16. The molecule has 29 heavy (non-hydrogen) atoms. The number of Topliss-reactive ketones (excluding diaryl/α,β-unsaturated/α-hetero) is 1. The fourth-order valence-corrected chi connectivity index (χ4v) is 3.50. The van der Waals surface area contributed by atoms with Crippen LogP contribution in [-0.4, -0.2) is 17.9 Å². The van der Waals surface area contributed by atoms with Crippen LogP contribution in [0.5, 0.6) is 0 Å². The number of hydrogen-bond acceptors (Lipinski definition) is 4. The van der Waals surface area contributed by atoms with Crippen molar-refractivity contribution < 1.29 is 19.1 Å². The highest BCUT2D eigenvalue weighted by atomic mass is 16.6. The monoisotopic (exact) mass is 406 g/mol. The Morgan fingerprint density at radius 2 is 1.45 bits per heavy atom. The van der Waals surface area contributed by atoms with Crippen LogP contribution >= 0.6 is 0 Å². The summed E-state index contributed by atoms with van der Waals surface area (Å²) in [6.07, 6.45) is 21.0. The molecule has 0 saturated carbocycles. The third-order valence-electron chi connectivity index (χ3n) is 5.35. The highest BCUT2D eigenvalue weighted by Gasteiger charge is 2.33. The van der Waals surface area contributed by atoms with E-state index in [2.05, 4.69) is 19.1 Å². The number of hydrogen-bond donors (Lipinski definition) is 0. The van der Waals surface area contributed by atoms with E-state index in [0.29, 0.717) is 18.6 Å². The largest absolute Gasteiger partial charge is 0.483 e. The van der Waals surface area contributed by atoms with Crippen LogP contribution in [0.1, 0.15) is 117 Å². The van der Waals surface area contributed by atoms with E-state index < -0.39 is 6.10 Å². The highest BCUT2D eigenvalue weighted by Crippen LogP contribution is 2.25. The van der Waals surface area contributed by atoms with Crippen LogP contribution in [0.25, 0.3) is 0 Å². The molecule has 4 nitrogen and oxygen atoms in total. The molecule has 0 bridgehead atoms. The second-order valence-electron chi connectivity index (χ2n) is 8.04. The molecule has 0 aromatic carbocycles. The summed E-state index contributed by atoms with van der Waals surface area (Å²) in [4.78, 5) is 23.9. The summed E-state index contributed by atoms with van der Waals surface area (Å²) in [6, 6.07) is 0. The van der Waals surface area contributed by atoms with E-state index in [-0.39, 0.29) is 17.5 Å². The molecule has 0 aliphatic carbocycles. The standard InChI is InChI=1S/C25H42O4/c1-4-6-7-8-9-10-11-12-13-14-15-16-17-18-19-20-23(26)29-25-22(5-2)28-21(3)24(25)27/h12-13,21H,4-11,14-20H2,1-3H3/b13-12-. The Bertz CT molecular complexity index is 533. The number of ketones is 1. The van der Waals surface area contributed by atoms with Gasteiger partial charge in [-0.05, 0) is 39.0 Å². The fourth-order valence-electron chi connectivity index (χ4n) is 3.50. The molecule has 1 heterocycles. The van der Waals surface area contributed by atoms with E-state index in [1.54, 1.807) is 6.92 Å². The number of ether oxygens (including phenoxy) is 2. The maximum absolute atomic E-state index is 12.0. The summed E-state index contributed by atoms with van der Waals surface area (Å²) in [7, 11) is 0. The van der Waals surface area contributed by atoms with Gasteiger partial charge in [-0.25, -0.2) is 0 Å². The van der Waals surface area contributed by atoms with Gasteiger partial charge < -0.3 is 9.47 Å². The Morgan fingerprint density at radius 1 is 0.897 bits per heavy atom. The minimum atomic E-state index is -0.535. The predicted octanol–water partition coefficient (Wildman–Crippen LogP) is 7.18. The van der Waals surface area contributed by atoms with Gasteiger partial charge >= 0.3 is 5.97 Å². The normalized spacial score (nSPS) is 16.7. The van der Waals surface area contributed by atoms with Gasteiger partial charge in [0.25, 0.3) is 0 Å². The Labute approximate surface area is 178 Å². The van der Waals surface area contributed by atoms with Gasteiger partial charge in [0.05, 0.1) is 0 Å². The van der Waals surface area contributed by atoms with Gasteiger partial charge in [-0.2, -0.15) is 0 Å². The highest BCUT2D eigenvalue weighted by molar-refractivity contribution is 6.00. The zero-order valence-corrected chi connectivity index (χ0v) is 19.0. The molecule has 0 fully saturated rings. The number of rotatable bonds is 17. The number of esters is 1. The van der Waals surface area contributed by atoms with Crippen molar-refractivity contribution in [1.29, 1.82) is 0 Å². The van der Waals surface area contributed by atoms with Gasteiger partial charge in [0.15, 0.2) is 6.10 Å². The molecule has 4 heteroatoms. The van der Waals surface area contributed by atoms with Crippen molar-refractivity contribution in [1.82, 2.24) is 0 Å². The Balaban J connectivity index is 1.96.